The molecule has 2 aromatic rings. The zero-order valence-electron chi connectivity index (χ0n) is 14.0. The summed E-state index contributed by atoms with van der Waals surface area (Å²) in [6.07, 6.45) is 0. The lowest BCUT2D eigenvalue weighted by Crippen LogP contribution is -2.18. The van der Waals surface area contributed by atoms with Crippen LogP contribution in [0.1, 0.15) is 22.8 Å². The highest BCUT2D eigenvalue weighted by molar-refractivity contribution is 6.05. The van der Waals surface area contributed by atoms with Crippen LogP contribution < -0.4 is 20.1 Å². The minimum atomic E-state index is -0.672. The van der Waals surface area contributed by atoms with Crippen molar-refractivity contribution in [3.8, 4) is 11.5 Å². The summed E-state index contributed by atoms with van der Waals surface area (Å²) in [5.74, 6) is -0.684. The van der Waals surface area contributed by atoms with Crippen LogP contribution in [-0.2, 0) is 6.54 Å². The van der Waals surface area contributed by atoms with Crippen LogP contribution in [0.3, 0.4) is 0 Å². The van der Waals surface area contributed by atoms with E-state index in [-0.39, 0.29) is 11.3 Å². The summed E-state index contributed by atoms with van der Waals surface area (Å²) in [6, 6.07) is 9.86. The molecular formula is C18H21FN2O3. The first-order valence-corrected chi connectivity index (χ1v) is 7.62. The second kappa shape index (κ2) is 8.31. The molecule has 5 nitrogen and oxygen atoms in total. The highest BCUT2D eigenvalue weighted by Gasteiger charge is 2.18. The molecule has 1 amide bonds. The summed E-state index contributed by atoms with van der Waals surface area (Å²) in [6.45, 7) is 3.42. The van der Waals surface area contributed by atoms with E-state index in [0.717, 1.165) is 18.2 Å². The molecule has 0 radical (unpaired) electrons. The first-order valence-electron chi connectivity index (χ1n) is 7.62. The van der Waals surface area contributed by atoms with Gasteiger partial charge in [-0.05, 0) is 24.2 Å². The van der Waals surface area contributed by atoms with Crippen molar-refractivity contribution in [1.82, 2.24) is 5.32 Å². The van der Waals surface area contributed by atoms with E-state index >= 15 is 0 Å². The van der Waals surface area contributed by atoms with E-state index < -0.39 is 11.7 Å². The Labute approximate surface area is 140 Å². The minimum absolute atomic E-state index is 0.106. The molecule has 0 heterocycles. The van der Waals surface area contributed by atoms with E-state index in [9.17, 15) is 9.18 Å². The largest absolute Gasteiger partial charge is 0.493 e. The molecule has 24 heavy (non-hydrogen) atoms. The molecule has 2 rings (SSSR count). The number of anilines is 1. The lowest BCUT2D eigenvalue weighted by Gasteiger charge is -2.13. The number of benzene rings is 2. The van der Waals surface area contributed by atoms with Crippen molar-refractivity contribution in [3.05, 3.63) is 53.3 Å². The van der Waals surface area contributed by atoms with Crippen LogP contribution in [-0.4, -0.2) is 26.7 Å². The van der Waals surface area contributed by atoms with E-state index in [4.69, 9.17) is 9.47 Å². The topological polar surface area (TPSA) is 59.6 Å². The van der Waals surface area contributed by atoms with Gasteiger partial charge in [0, 0.05) is 18.3 Å². The molecule has 0 atom stereocenters. The molecule has 0 bridgehead atoms. The number of hydrogen-bond acceptors (Lipinski definition) is 4. The fourth-order valence-electron chi connectivity index (χ4n) is 2.27. The summed E-state index contributed by atoms with van der Waals surface area (Å²) >= 11 is 0. The zero-order valence-corrected chi connectivity index (χ0v) is 14.0. The van der Waals surface area contributed by atoms with Crippen molar-refractivity contribution in [2.24, 2.45) is 0 Å². The Balaban J connectivity index is 2.27. The molecule has 0 aliphatic heterocycles. The second-order valence-electron chi connectivity index (χ2n) is 5.08. The van der Waals surface area contributed by atoms with Crippen molar-refractivity contribution < 1.29 is 18.7 Å². The van der Waals surface area contributed by atoms with Crippen LogP contribution in [0, 0.1) is 5.82 Å². The molecular weight excluding hydrogens is 311 g/mol. The Kier molecular flexibility index (Phi) is 6.14. The highest BCUT2D eigenvalue weighted by Crippen LogP contribution is 2.30. The number of ether oxygens (including phenoxy) is 2. The Morgan fingerprint density at radius 2 is 1.79 bits per heavy atom. The second-order valence-corrected chi connectivity index (χ2v) is 5.08. The average Bonchev–Trinajstić information content (AvgIpc) is 2.60. The molecule has 0 aromatic heterocycles. The summed E-state index contributed by atoms with van der Waals surface area (Å²) in [4.78, 5) is 12.5. The summed E-state index contributed by atoms with van der Waals surface area (Å²) in [5.41, 5.74) is 1.46. The third-order valence-corrected chi connectivity index (χ3v) is 3.55. The molecule has 6 heteroatoms. The van der Waals surface area contributed by atoms with Crippen LogP contribution in [0.2, 0.25) is 0 Å². The summed E-state index contributed by atoms with van der Waals surface area (Å²) in [7, 11) is 2.84. The Bertz CT molecular complexity index is 719. The normalized spacial score (nSPS) is 10.3. The van der Waals surface area contributed by atoms with E-state index in [2.05, 4.69) is 10.6 Å². The SMILES string of the molecule is CCNCc1ccccc1NC(=O)c1cc(OC)c(OC)cc1F. The zero-order chi connectivity index (χ0) is 17.5. The molecule has 128 valence electrons. The van der Waals surface area contributed by atoms with Crippen LogP contribution in [0.15, 0.2) is 36.4 Å². The average molecular weight is 332 g/mol. The lowest BCUT2D eigenvalue weighted by atomic mass is 10.1. The van der Waals surface area contributed by atoms with E-state index in [1.807, 2.05) is 25.1 Å². The van der Waals surface area contributed by atoms with E-state index in [0.29, 0.717) is 18.0 Å². The number of halogens is 1. The molecule has 0 fully saturated rings. The van der Waals surface area contributed by atoms with E-state index in [1.54, 1.807) is 6.07 Å². The number of amides is 1. The number of hydrogen-bond donors (Lipinski definition) is 2. The number of nitrogens with one attached hydrogen (secondary N) is 2. The van der Waals surface area contributed by atoms with Gasteiger partial charge in [0.05, 0.1) is 19.8 Å². The van der Waals surface area contributed by atoms with Gasteiger partial charge in [-0.15, -0.1) is 0 Å². The molecule has 2 N–H and O–H groups in total. The van der Waals surface area contributed by atoms with Crippen LogP contribution >= 0.6 is 0 Å². The van der Waals surface area contributed by atoms with Crippen molar-refractivity contribution in [2.45, 2.75) is 13.5 Å². The molecule has 0 unspecified atom stereocenters. The minimum Gasteiger partial charge on any atom is -0.493 e. The number of rotatable bonds is 7. The number of carbonyl (C=O) groups excluding carboxylic acids is 1. The van der Waals surface area contributed by atoms with Crippen molar-refractivity contribution in [2.75, 3.05) is 26.1 Å². The monoisotopic (exact) mass is 332 g/mol. The fourth-order valence-corrected chi connectivity index (χ4v) is 2.27. The van der Waals surface area contributed by atoms with Crippen molar-refractivity contribution in [3.63, 3.8) is 0 Å². The van der Waals surface area contributed by atoms with Gasteiger partial charge in [0.15, 0.2) is 11.5 Å². The van der Waals surface area contributed by atoms with Crippen molar-refractivity contribution >= 4 is 11.6 Å². The van der Waals surface area contributed by atoms with Crippen LogP contribution in [0.5, 0.6) is 11.5 Å². The van der Waals surface area contributed by atoms with E-state index in [1.165, 1.54) is 20.3 Å². The first kappa shape index (κ1) is 17.7. The van der Waals surface area contributed by atoms with Gasteiger partial charge in [0.2, 0.25) is 0 Å². The Morgan fingerprint density at radius 3 is 2.46 bits per heavy atom. The molecule has 0 aliphatic rings. The Hall–Kier alpha value is -2.60. The first-order chi connectivity index (χ1) is 11.6. The standard InChI is InChI=1S/C18H21FN2O3/c1-4-20-11-12-7-5-6-8-15(12)21-18(22)13-9-16(23-2)17(24-3)10-14(13)19/h5-10,20H,4,11H2,1-3H3,(H,21,22). The van der Waals surface area contributed by atoms with Crippen LogP contribution in [0.4, 0.5) is 10.1 Å². The predicted octanol–water partition coefficient (Wildman–Crippen LogP) is 3.20. The number of carbonyl (C=O) groups is 1. The van der Waals surface area contributed by atoms with Gasteiger partial charge >= 0.3 is 0 Å². The molecule has 0 saturated carbocycles. The fraction of sp³-hybridized carbons (Fsp3) is 0.278. The summed E-state index contributed by atoms with van der Waals surface area (Å²) in [5, 5.41) is 5.95. The summed E-state index contributed by atoms with van der Waals surface area (Å²) < 4.78 is 24.4. The maximum atomic E-state index is 14.2. The van der Waals surface area contributed by atoms with Gasteiger partial charge in [-0.2, -0.15) is 0 Å². The maximum Gasteiger partial charge on any atom is 0.258 e. The predicted molar refractivity (Wildman–Crippen MR) is 91.3 cm³/mol. The highest BCUT2D eigenvalue weighted by atomic mass is 19.1. The molecule has 0 saturated heterocycles. The van der Waals surface area contributed by atoms with Gasteiger partial charge in [0.1, 0.15) is 5.82 Å². The van der Waals surface area contributed by atoms with Gasteiger partial charge in [-0.3, -0.25) is 4.79 Å². The van der Waals surface area contributed by atoms with Crippen molar-refractivity contribution in [1.29, 1.82) is 0 Å². The third-order valence-electron chi connectivity index (χ3n) is 3.55. The quantitative estimate of drug-likeness (QED) is 0.817. The third kappa shape index (κ3) is 4.02. The maximum absolute atomic E-state index is 14.2. The van der Waals surface area contributed by atoms with Crippen LogP contribution in [0.25, 0.3) is 0 Å². The smallest absolute Gasteiger partial charge is 0.258 e. The van der Waals surface area contributed by atoms with Gasteiger partial charge in [-0.1, -0.05) is 25.1 Å². The number of methoxy groups -OCH3 is 2. The van der Waals surface area contributed by atoms with Gasteiger partial charge < -0.3 is 20.1 Å². The molecule has 2 aromatic carbocycles. The Morgan fingerprint density at radius 1 is 1.12 bits per heavy atom. The number of para-hydroxylation sites is 1. The molecule has 0 aliphatic carbocycles. The lowest BCUT2D eigenvalue weighted by molar-refractivity contribution is 0.102. The molecule has 0 spiro atoms. The van der Waals surface area contributed by atoms with Gasteiger partial charge in [-0.25, -0.2) is 4.39 Å². The van der Waals surface area contributed by atoms with Gasteiger partial charge in [0.25, 0.3) is 5.91 Å².